The zero-order valence-electron chi connectivity index (χ0n) is 8.89. The Morgan fingerprint density at radius 3 is 3.06 bits per heavy atom. The van der Waals surface area contributed by atoms with Crippen LogP contribution in [0.4, 0.5) is 0 Å². The van der Waals surface area contributed by atoms with Crippen molar-refractivity contribution in [2.24, 2.45) is 0 Å². The molecule has 16 heavy (non-hydrogen) atoms. The van der Waals surface area contributed by atoms with Crippen LogP contribution in [0.5, 0.6) is 5.75 Å². The van der Waals surface area contributed by atoms with Crippen molar-refractivity contribution in [3.63, 3.8) is 0 Å². The molecular formula is C11H14N4O. The highest BCUT2D eigenvalue weighted by atomic mass is 16.5. The van der Waals surface area contributed by atoms with Gasteiger partial charge >= 0.3 is 0 Å². The molecule has 0 saturated heterocycles. The van der Waals surface area contributed by atoms with Crippen molar-refractivity contribution in [3.05, 3.63) is 42.7 Å². The minimum atomic E-state index is 0.625. The molecule has 2 aromatic rings. The average molecular weight is 218 g/mol. The van der Waals surface area contributed by atoms with E-state index in [1.165, 1.54) is 0 Å². The van der Waals surface area contributed by atoms with Gasteiger partial charge in [-0.3, -0.25) is 4.98 Å². The van der Waals surface area contributed by atoms with Gasteiger partial charge in [-0.05, 0) is 12.1 Å². The highest BCUT2D eigenvalue weighted by Crippen LogP contribution is 2.04. The quantitative estimate of drug-likeness (QED) is 0.709. The van der Waals surface area contributed by atoms with E-state index in [0.717, 1.165) is 24.5 Å². The monoisotopic (exact) mass is 218 g/mol. The molecule has 0 aliphatic carbocycles. The molecule has 0 radical (unpaired) electrons. The molecule has 2 heterocycles. The maximum atomic E-state index is 5.47. The third-order valence-electron chi connectivity index (χ3n) is 2.05. The fraction of sp³-hybridized carbons (Fsp3) is 0.273. The Kier molecular flexibility index (Phi) is 3.90. The molecule has 0 aromatic carbocycles. The Labute approximate surface area is 93.9 Å². The lowest BCUT2D eigenvalue weighted by atomic mass is 10.4. The number of hydrogen-bond donors (Lipinski definition) is 2. The first-order chi connectivity index (χ1) is 7.95. The van der Waals surface area contributed by atoms with E-state index in [0.29, 0.717) is 6.61 Å². The lowest BCUT2D eigenvalue weighted by Gasteiger charge is -2.05. The van der Waals surface area contributed by atoms with Crippen LogP contribution >= 0.6 is 0 Å². The van der Waals surface area contributed by atoms with Crippen LogP contribution in [0.3, 0.4) is 0 Å². The Bertz CT molecular complexity index is 388. The van der Waals surface area contributed by atoms with E-state index in [9.17, 15) is 0 Å². The Balaban J connectivity index is 1.59. The zero-order chi connectivity index (χ0) is 11.1. The lowest BCUT2D eigenvalue weighted by molar-refractivity contribution is 0.312. The molecule has 0 saturated carbocycles. The third kappa shape index (κ3) is 3.36. The smallest absolute Gasteiger partial charge is 0.137 e. The molecule has 0 unspecified atom stereocenters. The molecule has 2 aromatic heterocycles. The van der Waals surface area contributed by atoms with Crippen LogP contribution in [0.25, 0.3) is 0 Å². The molecule has 0 spiro atoms. The van der Waals surface area contributed by atoms with Gasteiger partial charge in [0.1, 0.15) is 12.4 Å². The Morgan fingerprint density at radius 1 is 1.31 bits per heavy atom. The number of imidazole rings is 1. The minimum Gasteiger partial charge on any atom is -0.491 e. The first-order valence-electron chi connectivity index (χ1n) is 5.16. The maximum absolute atomic E-state index is 5.47. The summed E-state index contributed by atoms with van der Waals surface area (Å²) >= 11 is 0. The van der Waals surface area contributed by atoms with E-state index < -0.39 is 0 Å². The van der Waals surface area contributed by atoms with Crippen LogP contribution in [0, 0.1) is 0 Å². The molecule has 2 N–H and O–H groups in total. The second-order valence-corrected chi connectivity index (χ2v) is 3.29. The van der Waals surface area contributed by atoms with Gasteiger partial charge in [-0.2, -0.15) is 0 Å². The van der Waals surface area contributed by atoms with Crippen molar-refractivity contribution in [1.82, 2.24) is 20.3 Å². The average Bonchev–Trinajstić information content (AvgIpc) is 2.83. The minimum absolute atomic E-state index is 0.625. The van der Waals surface area contributed by atoms with Gasteiger partial charge in [0.15, 0.2) is 0 Å². The normalized spacial score (nSPS) is 10.2. The topological polar surface area (TPSA) is 62.8 Å². The van der Waals surface area contributed by atoms with Crippen LogP contribution in [-0.2, 0) is 6.54 Å². The first kappa shape index (κ1) is 10.6. The van der Waals surface area contributed by atoms with Crippen molar-refractivity contribution >= 4 is 0 Å². The van der Waals surface area contributed by atoms with Crippen molar-refractivity contribution < 1.29 is 4.74 Å². The van der Waals surface area contributed by atoms with Crippen LogP contribution in [0.1, 0.15) is 5.69 Å². The summed E-state index contributed by atoms with van der Waals surface area (Å²) in [7, 11) is 0. The molecule has 0 aliphatic rings. The number of rotatable bonds is 6. The van der Waals surface area contributed by atoms with Gasteiger partial charge in [-0.15, -0.1) is 0 Å². The highest BCUT2D eigenvalue weighted by molar-refractivity contribution is 5.15. The SMILES string of the molecule is c1cncc(OCCNCc2cnc[nH]2)c1. The number of aromatic amines is 1. The maximum Gasteiger partial charge on any atom is 0.137 e. The fourth-order valence-electron chi connectivity index (χ4n) is 1.28. The predicted molar refractivity (Wildman–Crippen MR) is 60.0 cm³/mol. The van der Waals surface area contributed by atoms with E-state index in [2.05, 4.69) is 20.3 Å². The van der Waals surface area contributed by atoms with Crippen molar-refractivity contribution in [1.29, 1.82) is 0 Å². The molecule has 0 aliphatic heterocycles. The summed E-state index contributed by atoms with van der Waals surface area (Å²) in [5.41, 5.74) is 1.07. The number of hydrogen-bond acceptors (Lipinski definition) is 4. The van der Waals surface area contributed by atoms with Crippen LogP contribution in [-0.4, -0.2) is 28.1 Å². The number of pyridine rings is 1. The summed E-state index contributed by atoms with van der Waals surface area (Å²) in [4.78, 5) is 10.9. The van der Waals surface area contributed by atoms with E-state index in [-0.39, 0.29) is 0 Å². The summed E-state index contributed by atoms with van der Waals surface area (Å²) in [6.07, 6.45) is 6.90. The highest BCUT2D eigenvalue weighted by Gasteiger charge is 1.94. The molecular weight excluding hydrogens is 204 g/mol. The molecule has 0 atom stereocenters. The van der Waals surface area contributed by atoms with E-state index >= 15 is 0 Å². The van der Waals surface area contributed by atoms with Crippen LogP contribution < -0.4 is 10.1 Å². The molecule has 2 rings (SSSR count). The van der Waals surface area contributed by atoms with E-state index in [1.807, 2.05) is 12.1 Å². The van der Waals surface area contributed by atoms with E-state index in [1.54, 1.807) is 24.9 Å². The number of nitrogens with one attached hydrogen (secondary N) is 2. The summed E-state index contributed by atoms with van der Waals surface area (Å²) in [6.45, 7) is 2.18. The van der Waals surface area contributed by atoms with Gasteiger partial charge < -0.3 is 15.0 Å². The molecule has 0 amide bonds. The second-order valence-electron chi connectivity index (χ2n) is 3.29. The number of ether oxygens (including phenoxy) is 1. The molecule has 0 fully saturated rings. The summed E-state index contributed by atoms with van der Waals surface area (Å²) in [5.74, 6) is 0.797. The second kappa shape index (κ2) is 5.87. The predicted octanol–water partition coefficient (Wildman–Crippen LogP) is 0.973. The van der Waals surface area contributed by atoms with Crippen LogP contribution in [0.2, 0.25) is 0 Å². The summed E-state index contributed by atoms with van der Waals surface area (Å²) in [6, 6.07) is 3.75. The number of aromatic nitrogens is 3. The van der Waals surface area contributed by atoms with Crippen molar-refractivity contribution in [2.75, 3.05) is 13.2 Å². The largest absolute Gasteiger partial charge is 0.491 e. The standard InChI is InChI=1S/C11H14N4O/c1-2-11(8-12-3-1)16-5-4-13-6-10-7-14-9-15-10/h1-3,7-9,13H,4-6H2,(H,14,15). The summed E-state index contributed by atoms with van der Waals surface area (Å²) in [5, 5.41) is 3.24. The van der Waals surface area contributed by atoms with Gasteiger partial charge in [0.2, 0.25) is 0 Å². The van der Waals surface area contributed by atoms with Gasteiger partial charge in [0.25, 0.3) is 0 Å². The molecule has 5 nitrogen and oxygen atoms in total. The molecule has 0 bridgehead atoms. The van der Waals surface area contributed by atoms with Gasteiger partial charge in [0.05, 0.1) is 12.5 Å². The Hall–Kier alpha value is -1.88. The first-order valence-corrected chi connectivity index (χ1v) is 5.16. The fourth-order valence-corrected chi connectivity index (χ4v) is 1.28. The number of nitrogens with zero attached hydrogens (tertiary/aromatic N) is 2. The van der Waals surface area contributed by atoms with Crippen molar-refractivity contribution in [3.8, 4) is 5.75 Å². The summed E-state index contributed by atoms with van der Waals surface area (Å²) < 4.78 is 5.47. The van der Waals surface area contributed by atoms with Crippen molar-refractivity contribution in [2.45, 2.75) is 6.54 Å². The lowest BCUT2D eigenvalue weighted by Crippen LogP contribution is -2.20. The van der Waals surface area contributed by atoms with E-state index in [4.69, 9.17) is 4.74 Å². The Morgan fingerprint density at radius 2 is 2.31 bits per heavy atom. The van der Waals surface area contributed by atoms with Gasteiger partial charge in [-0.25, -0.2) is 4.98 Å². The van der Waals surface area contributed by atoms with Crippen LogP contribution in [0.15, 0.2) is 37.1 Å². The number of H-pyrrole nitrogens is 1. The molecule has 84 valence electrons. The zero-order valence-corrected chi connectivity index (χ0v) is 8.89. The van der Waals surface area contributed by atoms with Gasteiger partial charge in [0, 0.05) is 31.2 Å². The van der Waals surface area contributed by atoms with Gasteiger partial charge in [-0.1, -0.05) is 0 Å². The molecule has 5 heteroatoms. The third-order valence-corrected chi connectivity index (χ3v) is 2.05.